The lowest BCUT2D eigenvalue weighted by atomic mass is 10.2. The van der Waals surface area contributed by atoms with Gasteiger partial charge in [-0.1, -0.05) is 6.07 Å². The van der Waals surface area contributed by atoms with E-state index in [1.165, 1.54) is 12.1 Å². The van der Waals surface area contributed by atoms with E-state index in [2.05, 4.69) is 10.6 Å². The summed E-state index contributed by atoms with van der Waals surface area (Å²) in [4.78, 5) is 12.8. The number of aryl methyl sites for hydroxylation is 1. The largest absolute Gasteiger partial charge is 0.379 e. The van der Waals surface area contributed by atoms with Crippen molar-refractivity contribution in [2.45, 2.75) is 6.92 Å². The lowest BCUT2D eigenvalue weighted by Crippen LogP contribution is -2.32. The smallest absolute Gasteiger partial charge is 0.317 e. The van der Waals surface area contributed by atoms with Crippen LogP contribution in [-0.4, -0.2) is 37.1 Å². The monoisotopic (exact) mass is 255 g/mol. The number of nitrogens with one attached hydrogen (secondary N) is 2. The summed E-state index contributed by atoms with van der Waals surface area (Å²) in [6, 6.07) is 2.48. The number of nitrogens with zero attached hydrogens (tertiary/aromatic N) is 1. The van der Waals surface area contributed by atoms with Crippen molar-refractivity contribution >= 4 is 11.7 Å². The second-order valence-corrected chi connectivity index (χ2v) is 4.20. The van der Waals surface area contributed by atoms with Crippen LogP contribution in [0.4, 0.5) is 19.3 Å². The Labute approximate surface area is 104 Å². The quantitative estimate of drug-likeness (QED) is 0.860. The molecular formula is C12H15F2N3O. The van der Waals surface area contributed by atoms with Gasteiger partial charge in [0.05, 0.1) is 0 Å². The third-order valence-electron chi connectivity index (χ3n) is 2.91. The van der Waals surface area contributed by atoms with Crippen molar-refractivity contribution in [1.29, 1.82) is 0 Å². The number of benzene rings is 1. The molecule has 1 aliphatic heterocycles. The summed E-state index contributed by atoms with van der Waals surface area (Å²) in [6.07, 6.45) is 0. The number of hydrogen-bond acceptors (Lipinski definition) is 2. The Morgan fingerprint density at radius 1 is 1.44 bits per heavy atom. The molecule has 98 valence electrons. The van der Waals surface area contributed by atoms with Gasteiger partial charge in [-0.3, -0.25) is 0 Å². The van der Waals surface area contributed by atoms with E-state index < -0.39 is 11.6 Å². The molecule has 1 aromatic carbocycles. The summed E-state index contributed by atoms with van der Waals surface area (Å²) in [7, 11) is 0. The predicted molar refractivity (Wildman–Crippen MR) is 64.6 cm³/mol. The van der Waals surface area contributed by atoms with Gasteiger partial charge in [0.2, 0.25) is 0 Å². The first-order valence-electron chi connectivity index (χ1n) is 5.81. The molecule has 0 bridgehead atoms. The molecule has 2 amide bonds. The Morgan fingerprint density at radius 3 is 2.89 bits per heavy atom. The molecule has 2 rings (SSSR count). The average molecular weight is 255 g/mol. The fourth-order valence-electron chi connectivity index (χ4n) is 1.86. The van der Waals surface area contributed by atoms with Gasteiger partial charge in [-0.05, 0) is 18.6 Å². The summed E-state index contributed by atoms with van der Waals surface area (Å²) in [6.45, 7) is 3.54. The van der Waals surface area contributed by atoms with Crippen LogP contribution in [0.15, 0.2) is 12.1 Å². The number of hydrogen-bond donors (Lipinski definition) is 2. The Bertz CT molecular complexity index is 465. The van der Waals surface area contributed by atoms with Gasteiger partial charge in [0.25, 0.3) is 0 Å². The maximum Gasteiger partial charge on any atom is 0.317 e. The van der Waals surface area contributed by atoms with Crippen LogP contribution in [0.3, 0.4) is 0 Å². The molecule has 1 fully saturated rings. The molecule has 0 saturated carbocycles. The minimum Gasteiger partial charge on any atom is -0.379 e. The number of anilines is 1. The minimum absolute atomic E-state index is 0.130. The Morgan fingerprint density at radius 2 is 2.22 bits per heavy atom. The fraction of sp³-hybridized carbons (Fsp3) is 0.417. The van der Waals surface area contributed by atoms with Crippen LogP contribution >= 0.6 is 0 Å². The van der Waals surface area contributed by atoms with Crippen molar-refractivity contribution < 1.29 is 13.6 Å². The number of halogens is 2. The number of rotatable bonds is 4. The molecule has 18 heavy (non-hydrogen) atoms. The maximum atomic E-state index is 13.6. The number of amides is 2. The summed E-state index contributed by atoms with van der Waals surface area (Å²) in [5.41, 5.74) is 0.257. The van der Waals surface area contributed by atoms with Crippen LogP contribution in [0, 0.1) is 18.6 Å². The summed E-state index contributed by atoms with van der Waals surface area (Å²) >= 11 is 0. The highest BCUT2D eigenvalue weighted by Gasteiger charge is 2.19. The Hall–Kier alpha value is -1.85. The highest BCUT2D eigenvalue weighted by Crippen LogP contribution is 2.21. The van der Waals surface area contributed by atoms with E-state index in [1.807, 2.05) is 0 Å². The van der Waals surface area contributed by atoms with Crippen molar-refractivity contribution in [2.24, 2.45) is 0 Å². The van der Waals surface area contributed by atoms with Crippen LogP contribution < -0.4 is 10.6 Å². The first-order chi connectivity index (χ1) is 8.59. The zero-order chi connectivity index (χ0) is 13.1. The summed E-state index contributed by atoms with van der Waals surface area (Å²) in [5.74, 6) is -1.20. The number of carbonyl (C=O) groups is 1. The number of carbonyl (C=O) groups excluding carboxylic acids is 1. The zero-order valence-corrected chi connectivity index (χ0v) is 10.1. The molecule has 1 aromatic rings. The molecule has 4 nitrogen and oxygen atoms in total. The molecule has 0 unspecified atom stereocenters. The van der Waals surface area contributed by atoms with Crippen molar-refractivity contribution in [2.75, 3.05) is 31.5 Å². The van der Waals surface area contributed by atoms with Gasteiger partial charge in [0.1, 0.15) is 11.5 Å². The SMILES string of the molecule is Cc1ccc(F)c(NCCN2CCNC2=O)c1F. The second-order valence-electron chi connectivity index (χ2n) is 4.20. The molecule has 0 spiro atoms. The minimum atomic E-state index is -0.621. The molecule has 2 N–H and O–H groups in total. The van der Waals surface area contributed by atoms with Gasteiger partial charge in [0, 0.05) is 26.2 Å². The highest BCUT2D eigenvalue weighted by atomic mass is 19.1. The van der Waals surface area contributed by atoms with Gasteiger partial charge in [0.15, 0.2) is 5.82 Å². The van der Waals surface area contributed by atoms with Crippen molar-refractivity contribution in [3.05, 3.63) is 29.3 Å². The van der Waals surface area contributed by atoms with Gasteiger partial charge in [-0.25, -0.2) is 13.6 Å². The molecule has 6 heteroatoms. The maximum absolute atomic E-state index is 13.6. The summed E-state index contributed by atoms with van der Waals surface area (Å²) < 4.78 is 27.1. The first kappa shape index (κ1) is 12.6. The summed E-state index contributed by atoms with van der Waals surface area (Å²) in [5, 5.41) is 5.36. The molecule has 0 aromatic heterocycles. The van der Waals surface area contributed by atoms with Gasteiger partial charge < -0.3 is 15.5 Å². The van der Waals surface area contributed by atoms with Crippen LogP contribution in [-0.2, 0) is 0 Å². The zero-order valence-electron chi connectivity index (χ0n) is 10.1. The van der Waals surface area contributed by atoms with E-state index in [0.29, 0.717) is 31.7 Å². The van der Waals surface area contributed by atoms with E-state index in [9.17, 15) is 13.6 Å². The van der Waals surface area contributed by atoms with Crippen molar-refractivity contribution in [3.8, 4) is 0 Å². The van der Waals surface area contributed by atoms with E-state index >= 15 is 0 Å². The van der Waals surface area contributed by atoms with Crippen molar-refractivity contribution in [1.82, 2.24) is 10.2 Å². The topological polar surface area (TPSA) is 44.4 Å². The molecule has 1 heterocycles. The van der Waals surface area contributed by atoms with Gasteiger partial charge in [-0.2, -0.15) is 0 Å². The van der Waals surface area contributed by atoms with Gasteiger partial charge >= 0.3 is 6.03 Å². The van der Waals surface area contributed by atoms with Gasteiger partial charge in [-0.15, -0.1) is 0 Å². The first-order valence-corrected chi connectivity index (χ1v) is 5.81. The number of urea groups is 1. The fourth-order valence-corrected chi connectivity index (χ4v) is 1.86. The van der Waals surface area contributed by atoms with E-state index in [4.69, 9.17) is 0 Å². The molecule has 0 aliphatic carbocycles. The third-order valence-corrected chi connectivity index (χ3v) is 2.91. The predicted octanol–water partition coefficient (Wildman–Crippen LogP) is 1.71. The standard InChI is InChI=1S/C12H15F2N3O/c1-8-2-3-9(13)11(10(8)14)15-4-6-17-7-5-16-12(17)18/h2-3,15H,4-7H2,1H3,(H,16,18). The second kappa shape index (κ2) is 5.20. The Balaban J connectivity index is 1.94. The third kappa shape index (κ3) is 2.52. The van der Waals surface area contributed by atoms with Crippen molar-refractivity contribution in [3.63, 3.8) is 0 Å². The molecule has 0 radical (unpaired) electrons. The highest BCUT2D eigenvalue weighted by molar-refractivity contribution is 5.76. The lowest BCUT2D eigenvalue weighted by molar-refractivity contribution is 0.219. The molecule has 1 saturated heterocycles. The van der Waals surface area contributed by atoms with Crippen LogP contribution in [0.25, 0.3) is 0 Å². The average Bonchev–Trinajstić information content (AvgIpc) is 2.74. The molecule has 1 aliphatic rings. The van der Waals surface area contributed by atoms with E-state index in [-0.39, 0.29) is 11.7 Å². The molecular weight excluding hydrogens is 240 g/mol. The van der Waals surface area contributed by atoms with Crippen LogP contribution in [0.1, 0.15) is 5.56 Å². The normalized spacial score (nSPS) is 14.8. The van der Waals surface area contributed by atoms with E-state index in [0.717, 1.165) is 0 Å². The molecule has 0 atom stereocenters. The van der Waals surface area contributed by atoms with Crippen LogP contribution in [0.2, 0.25) is 0 Å². The van der Waals surface area contributed by atoms with E-state index in [1.54, 1.807) is 11.8 Å². The van der Waals surface area contributed by atoms with Crippen LogP contribution in [0.5, 0.6) is 0 Å². The Kier molecular flexibility index (Phi) is 3.64. The lowest BCUT2D eigenvalue weighted by Gasteiger charge is -2.16.